The van der Waals surface area contributed by atoms with Crippen LogP contribution in [0.5, 0.6) is 0 Å². The highest BCUT2D eigenvalue weighted by molar-refractivity contribution is 7.90. The molecule has 1 amide bonds. The fourth-order valence-corrected chi connectivity index (χ4v) is 4.58. The minimum atomic E-state index is -3.29. The van der Waals surface area contributed by atoms with Gasteiger partial charge in [-0.2, -0.15) is 5.26 Å². The maximum atomic E-state index is 12.5. The quantitative estimate of drug-likeness (QED) is 0.328. The number of alkyl halides is 5. The van der Waals surface area contributed by atoms with E-state index in [-0.39, 0.29) is 17.9 Å². The molecule has 0 bridgehead atoms. The Morgan fingerprint density at radius 3 is 1.97 bits per heavy atom. The van der Waals surface area contributed by atoms with Crippen molar-refractivity contribution in [2.75, 3.05) is 12.8 Å². The third-order valence-electron chi connectivity index (χ3n) is 4.63. The van der Waals surface area contributed by atoms with Crippen molar-refractivity contribution in [3.05, 3.63) is 54.1 Å². The van der Waals surface area contributed by atoms with Crippen molar-refractivity contribution in [3.8, 4) is 17.2 Å². The van der Waals surface area contributed by atoms with Crippen molar-refractivity contribution in [3.63, 3.8) is 0 Å². The molecule has 178 valence electrons. The number of nitrogens with one attached hydrogen (secondary N) is 2. The summed E-state index contributed by atoms with van der Waals surface area (Å²) in [4.78, 5) is 11.8. The highest BCUT2D eigenvalue weighted by atomic mass is 35.6. The van der Waals surface area contributed by atoms with E-state index >= 15 is 0 Å². The summed E-state index contributed by atoms with van der Waals surface area (Å²) in [5.41, 5.74) is 2.19. The van der Waals surface area contributed by atoms with Gasteiger partial charge in [0.25, 0.3) is 0 Å². The highest BCUT2D eigenvalue weighted by Gasteiger charge is 2.37. The summed E-state index contributed by atoms with van der Waals surface area (Å²) in [5, 5.41) is 14.1. The molecular formula is C21H20Cl5N3O3S. The molecule has 0 radical (unpaired) electrons. The minimum absolute atomic E-state index is 0.0163. The number of hydrogen-bond acceptors (Lipinski definition) is 5. The van der Waals surface area contributed by atoms with E-state index in [0.717, 1.165) is 17.4 Å². The second-order valence-electron chi connectivity index (χ2n) is 7.12. The number of carbonyl (C=O) groups excluding carboxylic acids is 1. The zero-order valence-corrected chi connectivity index (χ0v) is 21.8. The number of nitrogens with zero attached hydrogens (tertiary/aromatic N) is 1. The van der Waals surface area contributed by atoms with Gasteiger partial charge >= 0.3 is 0 Å². The molecular weight excluding hydrogens is 552 g/mol. The van der Waals surface area contributed by atoms with Crippen LogP contribution in [0, 0.1) is 11.3 Å². The van der Waals surface area contributed by atoms with Crippen molar-refractivity contribution in [2.24, 2.45) is 0 Å². The van der Waals surface area contributed by atoms with Crippen LogP contribution in [0.4, 0.5) is 0 Å². The smallest absolute Gasteiger partial charge is 0.238 e. The molecule has 0 fully saturated rings. The van der Waals surface area contributed by atoms with Crippen molar-refractivity contribution < 1.29 is 13.2 Å². The summed E-state index contributed by atoms with van der Waals surface area (Å²) in [6, 6.07) is 13.5. The molecule has 0 aliphatic carbocycles. The summed E-state index contributed by atoms with van der Waals surface area (Å²) < 4.78 is 21.5. The molecule has 0 heterocycles. The molecule has 12 heteroatoms. The second kappa shape index (κ2) is 11.9. The number of sulfone groups is 1. The maximum absolute atomic E-state index is 12.5. The summed E-state index contributed by atoms with van der Waals surface area (Å²) in [7, 11) is -3.29. The third-order valence-corrected chi connectivity index (χ3v) is 6.77. The van der Waals surface area contributed by atoms with Crippen LogP contribution in [0.15, 0.2) is 53.4 Å². The Hall–Kier alpha value is -1.24. The molecule has 0 aliphatic heterocycles. The minimum Gasteiger partial charge on any atom is -0.342 e. The molecule has 0 aromatic heterocycles. The first-order valence-electron chi connectivity index (χ1n) is 9.49. The van der Waals surface area contributed by atoms with Gasteiger partial charge < -0.3 is 5.32 Å². The van der Waals surface area contributed by atoms with Crippen molar-refractivity contribution in [2.45, 2.75) is 32.0 Å². The second-order valence-corrected chi connectivity index (χ2v) is 12.8. The molecule has 0 saturated carbocycles. The molecule has 2 aromatic carbocycles. The first-order valence-corrected chi connectivity index (χ1v) is 13.4. The lowest BCUT2D eigenvalue weighted by Gasteiger charge is -2.30. The average molecular weight is 572 g/mol. The van der Waals surface area contributed by atoms with Crippen LogP contribution in [0.3, 0.4) is 0 Å². The summed E-state index contributed by atoms with van der Waals surface area (Å²) in [6.07, 6.45) is 1.16. The van der Waals surface area contributed by atoms with E-state index in [9.17, 15) is 13.2 Å². The van der Waals surface area contributed by atoms with E-state index in [0.29, 0.717) is 5.56 Å². The monoisotopic (exact) mass is 569 g/mol. The van der Waals surface area contributed by atoms with Crippen molar-refractivity contribution in [1.82, 2.24) is 10.6 Å². The number of hydrogen-bond donors (Lipinski definition) is 2. The van der Waals surface area contributed by atoms with Gasteiger partial charge in [-0.15, -0.1) is 23.2 Å². The van der Waals surface area contributed by atoms with Crippen LogP contribution in [0.1, 0.15) is 18.0 Å². The van der Waals surface area contributed by atoms with Gasteiger partial charge in [-0.25, -0.2) is 8.42 Å². The highest BCUT2D eigenvalue weighted by Crippen LogP contribution is 2.41. The maximum Gasteiger partial charge on any atom is 0.238 e. The van der Waals surface area contributed by atoms with Crippen LogP contribution in [0.25, 0.3) is 11.1 Å². The Labute approximate surface area is 218 Å². The predicted octanol–water partition coefficient (Wildman–Crippen LogP) is 4.96. The van der Waals surface area contributed by atoms with Gasteiger partial charge in [0.05, 0.1) is 23.0 Å². The normalized spacial score (nSPS) is 13.9. The standard InChI is InChI=1S/C21H20Cl5N3O3S/c1-33(31,32)16-8-6-14(7-9-16)13-2-4-15(5-3-13)19(21(24,25)26)29-17(12-18(22)23)20(30)28-11-10-27/h2-9,17-19,29H,11-12H2,1H3,(H,28,30)/t17-,19-/m0/s1. The number of halogens is 5. The van der Waals surface area contributed by atoms with Crippen LogP contribution < -0.4 is 10.6 Å². The average Bonchev–Trinajstić information content (AvgIpc) is 2.73. The Bertz CT molecular complexity index is 1100. The first-order chi connectivity index (χ1) is 15.3. The Morgan fingerprint density at radius 1 is 1.03 bits per heavy atom. The lowest BCUT2D eigenvalue weighted by Crippen LogP contribution is -2.49. The van der Waals surface area contributed by atoms with Crippen LogP contribution >= 0.6 is 58.0 Å². The van der Waals surface area contributed by atoms with Gasteiger partial charge in [0.1, 0.15) is 11.4 Å². The number of benzene rings is 2. The molecule has 33 heavy (non-hydrogen) atoms. The number of rotatable bonds is 9. The lowest BCUT2D eigenvalue weighted by atomic mass is 10.0. The van der Waals surface area contributed by atoms with Crippen molar-refractivity contribution >= 4 is 73.7 Å². The Morgan fingerprint density at radius 2 is 1.55 bits per heavy atom. The van der Waals surface area contributed by atoms with E-state index < -0.39 is 36.5 Å². The van der Waals surface area contributed by atoms with Crippen LogP contribution in [0.2, 0.25) is 0 Å². The first kappa shape index (κ1) is 28.0. The van der Waals surface area contributed by atoms with E-state index in [1.54, 1.807) is 36.4 Å². The zero-order chi connectivity index (χ0) is 24.8. The summed E-state index contributed by atoms with van der Waals surface area (Å²) >= 11 is 30.3. The SMILES string of the molecule is CS(=O)(=O)c1ccc(-c2ccc([C@H](N[C@@H](CC(Cl)Cl)C(=O)NCC#N)C(Cl)(Cl)Cl)cc2)cc1. The number of nitriles is 1. The van der Waals surface area contributed by atoms with Crippen molar-refractivity contribution in [1.29, 1.82) is 5.26 Å². The van der Waals surface area contributed by atoms with Gasteiger partial charge in [0.2, 0.25) is 9.70 Å². The molecule has 2 N–H and O–H groups in total. The molecule has 2 atom stereocenters. The summed E-state index contributed by atoms with van der Waals surface area (Å²) in [5.74, 6) is -0.510. The Kier molecular flexibility index (Phi) is 10.1. The molecule has 2 rings (SSSR count). The third kappa shape index (κ3) is 8.48. The summed E-state index contributed by atoms with van der Waals surface area (Å²) in [6.45, 7) is -0.197. The molecule has 0 spiro atoms. The number of amides is 1. The van der Waals surface area contributed by atoms with Gasteiger partial charge in [-0.3, -0.25) is 10.1 Å². The Balaban J connectivity index is 2.31. The molecule has 0 saturated heterocycles. The van der Waals surface area contributed by atoms with Crippen LogP contribution in [-0.4, -0.2) is 41.8 Å². The van der Waals surface area contributed by atoms with E-state index in [1.165, 1.54) is 12.1 Å². The largest absolute Gasteiger partial charge is 0.342 e. The molecule has 0 unspecified atom stereocenters. The van der Waals surface area contributed by atoms with Gasteiger partial charge in [-0.05, 0) is 28.8 Å². The molecule has 6 nitrogen and oxygen atoms in total. The van der Waals surface area contributed by atoms with E-state index in [1.807, 2.05) is 6.07 Å². The predicted molar refractivity (Wildman–Crippen MR) is 134 cm³/mol. The van der Waals surface area contributed by atoms with Gasteiger partial charge in [0.15, 0.2) is 9.84 Å². The molecule has 2 aromatic rings. The number of carbonyl (C=O) groups is 1. The topological polar surface area (TPSA) is 99.1 Å². The van der Waals surface area contributed by atoms with Gasteiger partial charge in [-0.1, -0.05) is 71.2 Å². The van der Waals surface area contributed by atoms with Crippen LogP contribution in [-0.2, 0) is 14.6 Å². The van der Waals surface area contributed by atoms with E-state index in [2.05, 4.69) is 10.6 Å². The lowest BCUT2D eigenvalue weighted by molar-refractivity contribution is -0.123. The zero-order valence-electron chi connectivity index (χ0n) is 17.2. The molecule has 0 aliphatic rings. The van der Waals surface area contributed by atoms with Gasteiger partial charge in [0, 0.05) is 12.7 Å². The fourth-order valence-electron chi connectivity index (χ4n) is 3.02. The van der Waals surface area contributed by atoms with E-state index in [4.69, 9.17) is 63.3 Å². The fraction of sp³-hybridized carbons (Fsp3) is 0.333.